The lowest BCUT2D eigenvalue weighted by molar-refractivity contribution is 0.206. The monoisotopic (exact) mass is 396 g/mol. The van der Waals surface area contributed by atoms with E-state index in [1.165, 1.54) is 15.6 Å². The molecule has 1 aliphatic rings. The van der Waals surface area contributed by atoms with Crippen LogP contribution in [0.4, 0.5) is 0 Å². The highest BCUT2D eigenvalue weighted by Crippen LogP contribution is 2.31. The Kier molecular flexibility index (Phi) is 5.25. The number of aryl methyl sites for hydroxylation is 1. The number of nitrogens with zero attached hydrogens (tertiary/aromatic N) is 3. The summed E-state index contributed by atoms with van der Waals surface area (Å²) in [7, 11) is -3.45. The van der Waals surface area contributed by atoms with Gasteiger partial charge in [-0.25, -0.2) is 8.42 Å². The Bertz CT molecular complexity index is 636. The van der Waals surface area contributed by atoms with Gasteiger partial charge in [-0.3, -0.25) is 4.90 Å². The smallest absolute Gasteiger partial charge is 0.244 e. The van der Waals surface area contributed by atoms with Gasteiger partial charge in [-0.2, -0.15) is 4.31 Å². The van der Waals surface area contributed by atoms with E-state index < -0.39 is 10.0 Å². The lowest BCUT2D eigenvalue weighted by Gasteiger charge is -2.33. The Morgan fingerprint density at radius 1 is 1.48 bits per heavy atom. The predicted molar refractivity (Wildman–Crippen MR) is 85.4 cm³/mol. The predicted octanol–water partition coefficient (Wildman–Crippen LogP) is 0.872. The summed E-state index contributed by atoms with van der Waals surface area (Å²) in [5, 5.41) is 11.5. The first-order valence-corrected chi connectivity index (χ1v) is 9.34. The summed E-state index contributed by atoms with van der Waals surface area (Å²) in [6, 6.07) is 1.65. The van der Waals surface area contributed by atoms with Crippen molar-refractivity contribution in [1.29, 1.82) is 0 Å². The maximum absolute atomic E-state index is 12.6. The molecule has 0 saturated carbocycles. The molecule has 2 heterocycles. The van der Waals surface area contributed by atoms with Gasteiger partial charge in [0.15, 0.2) is 5.84 Å². The van der Waals surface area contributed by atoms with Crippen molar-refractivity contribution < 1.29 is 13.6 Å². The average molecular weight is 397 g/mol. The second-order valence-electron chi connectivity index (χ2n) is 4.74. The summed E-state index contributed by atoms with van der Waals surface area (Å²) in [4.78, 5) is 3.10. The number of nitrogens with two attached hydrogens (primary N) is 1. The molecule has 0 aliphatic carbocycles. The van der Waals surface area contributed by atoms with Crippen molar-refractivity contribution in [1.82, 2.24) is 9.21 Å². The molecule has 0 bridgehead atoms. The average Bonchev–Trinajstić information content (AvgIpc) is 2.79. The van der Waals surface area contributed by atoms with Crippen molar-refractivity contribution >= 4 is 43.1 Å². The van der Waals surface area contributed by atoms with Crippen molar-refractivity contribution in [3.05, 3.63) is 14.7 Å². The van der Waals surface area contributed by atoms with Gasteiger partial charge >= 0.3 is 0 Å². The van der Waals surface area contributed by atoms with Gasteiger partial charge in [-0.05, 0) is 28.9 Å². The Labute approximate surface area is 136 Å². The third-order valence-electron chi connectivity index (χ3n) is 3.31. The SMILES string of the molecule is Cc1sc(Br)cc1S(=O)(=O)N1CCN(CC(N)=NO)CC1. The van der Waals surface area contributed by atoms with Crippen LogP contribution in [0, 0.1) is 6.92 Å². The van der Waals surface area contributed by atoms with Crippen molar-refractivity contribution in [3.63, 3.8) is 0 Å². The van der Waals surface area contributed by atoms with Crippen LogP contribution in [0.1, 0.15) is 4.88 Å². The molecule has 10 heteroatoms. The minimum absolute atomic E-state index is 0.129. The molecule has 0 aromatic carbocycles. The van der Waals surface area contributed by atoms with Crippen LogP contribution in [-0.4, -0.2) is 61.4 Å². The van der Waals surface area contributed by atoms with Gasteiger partial charge in [0.2, 0.25) is 10.0 Å². The minimum atomic E-state index is -3.45. The van der Waals surface area contributed by atoms with Crippen LogP contribution in [0.2, 0.25) is 0 Å². The molecule has 0 spiro atoms. The van der Waals surface area contributed by atoms with Crippen LogP contribution in [0.15, 0.2) is 19.9 Å². The summed E-state index contributed by atoms with van der Waals surface area (Å²) in [5.74, 6) is 0.129. The molecule has 0 amide bonds. The van der Waals surface area contributed by atoms with E-state index in [2.05, 4.69) is 21.1 Å². The zero-order chi connectivity index (χ0) is 15.6. The van der Waals surface area contributed by atoms with Gasteiger partial charge < -0.3 is 10.9 Å². The molecule has 1 fully saturated rings. The van der Waals surface area contributed by atoms with E-state index in [9.17, 15) is 8.42 Å². The Balaban J connectivity index is 2.06. The van der Waals surface area contributed by atoms with E-state index in [0.717, 1.165) is 8.66 Å². The number of piperazine rings is 1. The number of halogens is 1. The zero-order valence-corrected chi connectivity index (χ0v) is 14.7. The van der Waals surface area contributed by atoms with Crippen LogP contribution >= 0.6 is 27.3 Å². The summed E-state index contributed by atoms with van der Waals surface area (Å²) >= 11 is 4.73. The highest BCUT2D eigenvalue weighted by atomic mass is 79.9. The number of oxime groups is 1. The fourth-order valence-electron chi connectivity index (χ4n) is 2.21. The first kappa shape index (κ1) is 16.7. The summed E-state index contributed by atoms with van der Waals surface area (Å²) in [6.45, 7) is 4.05. The topological polar surface area (TPSA) is 99.2 Å². The molecule has 1 aromatic heterocycles. The molecule has 7 nitrogen and oxygen atoms in total. The lowest BCUT2D eigenvalue weighted by Crippen LogP contribution is -2.50. The second-order valence-corrected chi connectivity index (χ2v) is 9.28. The molecule has 3 N–H and O–H groups in total. The maximum Gasteiger partial charge on any atom is 0.244 e. The fraction of sp³-hybridized carbons (Fsp3) is 0.545. The van der Waals surface area contributed by atoms with Gasteiger partial charge in [0, 0.05) is 31.1 Å². The van der Waals surface area contributed by atoms with Gasteiger partial charge in [0.25, 0.3) is 0 Å². The fourth-order valence-corrected chi connectivity index (χ4v) is 6.02. The van der Waals surface area contributed by atoms with E-state index in [0.29, 0.717) is 37.6 Å². The van der Waals surface area contributed by atoms with E-state index in [1.54, 1.807) is 13.0 Å². The van der Waals surface area contributed by atoms with E-state index in [1.807, 2.05) is 4.90 Å². The molecule has 2 rings (SSSR count). The van der Waals surface area contributed by atoms with Crippen LogP contribution in [-0.2, 0) is 10.0 Å². The van der Waals surface area contributed by atoms with E-state index >= 15 is 0 Å². The molecule has 1 aromatic rings. The van der Waals surface area contributed by atoms with Crippen molar-refractivity contribution in [3.8, 4) is 0 Å². The number of sulfonamides is 1. The molecule has 21 heavy (non-hydrogen) atoms. The number of thiophene rings is 1. The maximum atomic E-state index is 12.6. The third kappa shape index (κ3) is 3.75. The first-order valence-electron chi connectivity index (χ1n) is 6.29. The number of rotatable bonds is 4. The summed E-state index contributed by atoms with van der Waals surface area (Å²) in [6.07, 6.45) is 0. The standard InChI is InChI=1S/C11H17BrN4O3S2/c1-8-9(6-10(12)20-8)21(18,19)16-4-2-15(3-5-16)7-11(13)14-17/h6,17H,2-5,7H2,1H3,(H2,13,14). The molecule has 1 aliphatic heterocycles. The number of hydrogen-bond donors (Lipinski definition) is 2. The summed E-state index contributed by atoms with van der Waals surface area (Å²) < 4.78 is 27.5. The molecule has 0 atom stereocenters. The van der Waals surface area contributed by atoms with Gasteiger partial charge in [-0.1, -0.05) is 5.16 Å². The Morgan fingerprint density at radius 3 is 2.57 bits per heavy atom. The zero-order valence-electron chi connectivity index (χ0n) is 11.5. The Hall–Kier alpha value is -0.680. The first-order chi connectivity index (χ1) is 9.84. The van der Waals surface area contributed by atoms with Crippen LogP contribution in [0.25, 0.3) is 0 Å². The van der Waals surface area contributed by atoms with Crippen LogP contribution in [0.5, 0.6) is 0 Å². The van der Waals surface area contributed by atoms with Gasteiger partial charge in [0.05, 0.1) is 15.2 Å². The number of amidine groups is 1. The van der Waals surface area contributed by atoms with E-state index in [-0.39, 0.29) is 5.84 Å². The normalized spacial score (nSPS) is 19.0. The molecular weight excluding hydrogens is 380 g/mol. The minimum Gasteiger partial charge on any atom is -0.409 e. The number of hydrogen-bond acceptors (Lipinski definition) is 6. The van der Waals surface area contributed by atoms with Crippen molar-refractivity contribution in [2.45, 2.75) is 11.8 Å². The second kappa shape index (κ2) is 6.61. The quantitative estimate of drug-likeness (QED) is 0.340. The summed E-state index contributed by atoms with van der Waals surface area (Å²) in [5.41, 5.74) is 5.46. The molecule has 1 saturated heterocycles. The van der Waals surface area contributed by atoms with Crippen LogP contribution in [0.3, 0.4) is 0 Å². The highest BCUT2D eigenvalue weighted by Gasteiger charge is 2.30. The lowest BCUT2D eigenvalue weighted by atomic mass is 10.3. The molecule has 118 valence electrons. The molecular formula is C11H17BrN4O3S2. The van der Waals surface area contributed by atoms with Crippen LogP contribution < -0.4 is 5.73 Å². The largest absolute Gasteiger partial charge is 0.409 e. The van der Waals surface area contributed by atoms with E-state index in [4.69, 9.17) is 10.9 Å². The molecule has 0 unspecified atom stereocenters. The third-order valence-corrected chi connectivity index (χ3v) is 7.01. The Morgan fingerprint density at radius 2 is 2.10 bits per heavy atom. The van der Waals surface area contributed by atoms with Crippen molar-refractivity contribution in [2.75, 3.05) is 32.7 Å². The van der Waals surface area contributed by atoms with Gasteiger partial charge in [0.1, 0.15) is 0 Å². The molecule has 0 radical (unpaired) electrons. The van der Waals surface area contributed by atoms with Crippen molar-refractivity contribution in [2.24, 2.45) is 10.9 Å². The highest BCUT2D eigenvalue weighted by molar-refractivity contribution is 9.11. The van der Waals surface area contributed by atoms with Gasteiger partial charge in [-0.15, -0.1) is 11.3 Å².